The predicted octanol–water partition coefficient (Wildman–Crippen LogP) is 2.82. The molecule has 1 rings (SSSR count). The Labute approximate surface area is 177 Å². The quantitative estimate of drug-likeness (QED) is 0.264. The number of nitrogens with zero attached hydrogens (tertiary/aromatic N) is 1. The fourth-order valence-corrected chi connectivity index (χ4v) is 4.53. The van der Waals surface area contributed by atoms with Crippen LogP contribution in [0.5, 0.6) is 0 Å². The Hall–Kier alpha value is -0.700. The number of hydrogen-bond acceptors (Lipinski definition) is 4. The Kier molecular flexibility index (Phi) is 10.8. The van der Waals surface area contributed by atoms with Crippen LogP contribution in [0.4, 0.5) is 0 Å². The number of likely N-dealkylation sites (tertiary alicyclic amines) is 1. The number of ketones is 1. The van der Waals surface area contributed by atoms with Crippen LogP contribution in [-0.4, -0.2) is 57.6 Å². The van der Waals surface area contributed by atoms with Gasteiger partial charge in [0.1, 0.15) is 5.78 Å². The number of nitrogens with one attached hydrogen (secondary N) is 2. The number of alkyl halides is 1. The molecule has 2 unspecified atom stereocenters. The Morgan fingerprint density at radius 1 is 1.00 bits per heavy atom. The zero-order valence-corrected chi connectivity index (χ0v) is 19.4. The molecule has 6 nitrogen and oxygen atoms in total. The normalized spacial score (nSPS) is 20.9. The van der Waals surface area contributed by atoms with Crippen molar-refractivity contribution in [2.24, 2.45) is 0 Å². The maximum Gasteiger partial charge on any atom is 0.221 e. The Morgan fingerprint density at radius 2 is 1.59 bits per heavy atom. The van der Waals surface area contributed by atoms with Gasteiger partial charge in [-0.1, -0.05) is 29.0 Å². The van der Waals surface area contributed by atoms with Gasteiger partial charge >= 0.3 is 0 Å². The van der Waals surface area contributed by atoms with Gasteiger partial charge in [-0.2, -0.15) is 0 Å². The Balaban J connectivity index is 2.27. The molecule has 0 radical (unpaired) electrons. The molecule has 27 heavy (non-hydrogen) atoms. The number of halogens is 1. The topological polar surface area (TPSA) is 78.5 Å². The number of carbonyl (C=O) groups is 3. The largest absolute Gasteiger partial charge is 0.356 e. The summed E-state index contributed by atoms with van der Waals surface area (Å²) in [7, 11) is 0. The van der Waals surface area contributed by atoms with E-state index < -0.39 is 0 Å². The number of hydrogen-bond donors (Lipinski definition) is 2. The first-order chi connectivity index (χ1) is 12.7. The highest BCUT2D eigenvalue weighted by Crippen LogP contribution is 2.32. The summed E-state index contributed by atoms with van der Waals surface area (Å²) in [5.41, 5.74) is -0.198. The van der Waals surface area contributed by atoms with E-state index >= 15 is 0 Å². The van der Waals surface area contributed by atoms with Crippen molar-refractivity contribution in [1.29, 1.82) is 0 Å². The smallest absolute Gasteiger partial charge is 0.221 e. The first kappa shape index (κ1) is 24.3. The lowest BCUT2D eigenvalue weighted by Gasteiger charge is -2.49. The van der Waals surface area contributed by atoms with Gasteiger partial charge in [-0.15, -0.1) is 0 Å². The maximum absolute atomic E-state index is 12.4. The third-order valence-corrected chi connectivity index (χ3v) is 6.11. The number of rotatable bonds is 11. The highest BCUT2D eigenvalue weighted by atomic mass is 127. The van der Waals surface area contributed by atoms with Gasteiger partial charge in [-0.3, -0.25) is 19.3 Å². The van der Waals surface area contributed by atoms with Gasteiger partial charge in [0.05, 0.1) is 4.43 Å². The molecule has 0 aliphatic carbocycles. The molecule has 1 fully saturated rings. The lowest BCUT2D eigenvalue weighted by atomic mass is 9.87. The zero-order chi connectivity index (χ0) is 20.4. The highest BCUT2D eigenvalue weighted by Gasteiger charge is 2.37. The fraction of sp³-hybridized carbons (Fsp3) is 0.850. The summed E-state index contributed by atoms with van der Waals surface area (Å²) in [6.07, 6.45) is 5.48. The van der Waals surface area contributed by atoms with Gasteiger partial charge in [-0.25, -0.2) is 0 Å². The molecule has 1 saturated heterocycles. The van der Waals surface area contributed by atoms with E-state index in [1.54, 1.807) is 0 Å². The maximum atomic E-state index is 12.4. The van der Waals surface area contributed by atoms with Gasteiger partial charge in [-0.05, 0) is 47.0 Å². The van der Waals surface area contributed by atoms with E-state index in [1.807, 2.05) is 22.6 Å². The van der Waals surface area contributed by atoms with E-state index in [0.29, 0.717) is 48.9 Å². The third kappa shape index (κ3) is 8.89. The monoisotopic (exact) mass is 493 g/mol. The molecule has 0 saturated carbocycles. The Morgan fingerprint density at radius 3 is 2.19 bits per heavy atom. The third-order valence-electron chi connectivity index (χ3n) is 5.26. The molecule has 7 heteroatoms. The predicted molar refractivity (Wildman–Crippen MR) is 117 cm³/mol. The summed E-state index contributed by atoms with van der Waals surface area (Å²) in [5, 5.41) is 5.67. The van der Waals surface area contributed by atoms with Crippen molar-refractivity contribution in [3.8, 4) is 0 Å². The molecule has 0 aromatic rings. The first-order valence-corrected chi connectivity index (χ1v) is 11.6. The second kappa shape index (κ2) is 12.0. The minimum atomic E-state index is -0.198. The van der Waals surface area contributed by atoms with Crippen LogP contribution in [0.15, 0.2) is 0 Å². The van der Waals surface area contributed by atoms with Crippen molar-refractivity contribution < 1.29 is 14.4 Å². The lowest BCUT2D eigenvalue weighted by molar-refractivity contribution is -0.125. The second-order valence-electron chi connectivity index (χ2n) is 8.25. The van der Waals surface area contributed by atoms with E-state index in [4.69, 9.17) is 0 Å². The average Bonchev–Trinajstić information content (AvgIpc) is 2.57. The zero-order valence-electron chi connectivity index (χ0n) is 17.3. The van der Waals surface area contributed by atoms with Gasteiger partial charge in [0.2, 0.25) is 11.8 Å². The van der Waals surface area contributed by atoms with Crippen LogP contribution in [0, 0.1) is 0 Å². The molecule has 0 bridgehead atoms. The minimum absolute atomic E-state index is 0.00887. The molecule has 0 aromatic heterocycles. The molecule has 0 aromatic carbocycles. The molecule has 1 heterocycles. The molecule has 156 valence electrons. The summed E-state index contributed by atoms with van der Waals surface area (Å²) in [5.74, 6) is 0.109. The summed E-state index contributed by atoms with van der Waals surface area (Å²) >= 11 is 2.05. The number of Topliss-reactive ketones (excluding diaryl/α,β-unsaturated/α-hetero) is 1. The first-order valence-electron chi connectivity index (χ1n) is 10.1. The SMILES string of the molecule is CC1CCCC(C)N1C(C)(C)CC(=O)NCCC(=O)NCCCC(=O)CI. The molecular weight excluding hydrogens is 457 g/mol. The minimum Gasteiger partial charge on any atom is -0.356 e. The second-order valence-corrected chi connectivity index (χ2v) is 9.01. The standard InChI is InChI=1S/C20H36IN3O3/c1-15-7-5-8-16(2)24(15)20(3,4)13-19(27)23-12-10-18(26)22-11-6-9-17(25)14-21/h15-16H,5-14H2,1-4H3,(H,22,26)(H,23,27). The molecule has 2 N–H and O–H groups in total. The molecular formula is C20H36IN3O3. The summed E-state index contributed by atoms with van der Waals surface area (Å²) < 4.78 is 0.517. The van der Waals surface area contributed by atoms with Crippen LogP contribution in [0.2, 0.25) is 0 Å². The molecule has 2 amide bonds. The van der Waals surface area contributed by atoms with Gasteiger partial charge in [0, 0.05) is 50.0 Å². The van der Waals surface area contributed by atoms with Crippen molar-refractivity contribution >= 4 is 40.2 Å². The Bertz CT molecular complexity index is 501. The summed E-state index contributed by atoms with van der Waals surface area (Å²) in [6, 6.07) is 0.975. The van der Waals surface area contributed by atoms with Crippen molar-refractivity contribution in [3.63, 3.8) is 0 Å². The summed E-state index contributed by atoms with van der Waals surface area (Å²) in [6.45, 7) is 9.61. The van der Waals surface area contributed by atoms with E-state index in [0.717, 1.165) is 0 Å². The van der Waals surface area contributed by atoms with Crippen LogP contribution in [0.3, 0.4) is 0 Å². The van der Waals surface area contributed by atoms with Crippen LogP contribution in [0.1, 0.15) is 72.6 Å². The average molecular weight is 493 g/mol. The van der Waals surface area contributed by atoms with E-state index in [1.165, 1.54) is 19.3 Å². The van der Waals surface area contributed by atoms with Gasteiger partial charge < -0.3 is 10.6 Å². The van der Waals surface area contributed by atoms with Gasteiger partial charge in [0.25, 0.3) is 0 Å². The van der Waals surface area contributed by atoms with E-state index in [2.05, 4.69) is 43.2 Å². The van der Waals surface area contributed by atoms with Crippen molar-refractivity contribution in [3.05, 3.63) is 0 Å². The summed E-state index contributed by atoms with van der Waals surface area (Å²) in [4.78, 5) is 37.8. The van der Waals surface area contributed by atoms with Gasteiger partial charge in [0.15, 0.2) is 0 Å². The highest BCUT2D eigenvalue weighted by molar-refractivity contribution is 14.1. The number of piperidine rings is 1. The fourth-order valence-electron chi connectivity index (χ4n) is 4.15. The van der Waals surface area contributed by atoms with Crippen molar-refractivity contribution in [1.82, 2.24) is 15.5 Å². The molecule has 1 aliphatic heterocycles. The van der Waals surface area contributed by atoms with Crippen molar-refractivity contribution in [2.75, 3.05) is 17.5 Å². The number of amides is 2. The van der Waals surface area contributed by atoms with Crippen molar-refractivity contribution in [2.45, 2.75) is 90.3 Å². The van der Waals surface area contributed by atoms with Crippen LogP contribution in [-0.2, 0) is 14.4 Å². The molecule has 0 spiro atoms. The van der Waals surface area contributed by atoms with Crippen LogP contribution < -0.4 is 10.6 Å². The lowest BCUT2D eigenvalue weighted by Crippen LogP contribution is -2.56. The van der Waals surface area contributed by atoms with E-state index in [-0.39, 0.29) is 29.6 Å². The van der Waals surface area contributed by atoms with Crippen LogP contribution >= 0.6 is 22.6 Å². The molecule has 1 aliphatic rings. The number of carbonyl (C=O) groups excluding carboxylic acids is 3. The molecule has 2 atom stereocenters. The van der Waals surface area contributed by atoms with E-state index in [9.17, 15) is 14.4 Å². The van der Waals surface area contributed by atoms with Crippen LogP contribution in [0.25, 0.3) is 0 Å².